The van der Waals surface area contributed by atoms with E-state index in [2.05, 4.69) is 34.8 Å². The first-order valence-electron chi connectivity index (χ1n) is 10.3. The molecule has 1 fully saturated rings. The Balaban J connectivity index is 1.62. The third kappa shape index (κ3) is 6.42. The molecule has 158 valence electrons. The van der Waals surface area contributed by atoms with Crippen LogP contribution in [0.4, 0.5) is 0 Å². The Morgan fingerprint density at radius 1 is 1.17 bits per heavy atom. The van der Waals surface area contributed by atoms with Gasteiger partial charge in [0.25, 0.3) is 0 Å². The number of aryl methyl sites for hydroxylation is 1. The van der Waals surface area contributed by atoms with E-state index in [1.165, 1.54) is 24.0 Å². The fourth-order valence-corrected chi connectivity index (χ4v) is 3.75. The number of pyridine rings is 1. The van der Waals surface area contributed by atoms with Gasteiger partial charge in [0.15, 0.2) is 0 Å². The Bertz CT molecular complexity index is 778. The molecular formula is C23H33N3O3. The van der Waals surface area contributed by atoms with Gasteiger partial charge in [0.1, 0.15) is 24.2 Å². The highest BCUT2D eigenvalue weighted by atomic mass is 16.5. The van der Waals surface area contributed by atoms with E-state index in [9.17, 15) is 5.11 Å². The standard InChI is InChI=1S/C23H33N3O3/c1-18-13-24-9-8-19(18)14-25(2)15-20-6-7-22(28-3)12-23(20)29-17-21(27)16-26-10-4-5-11-26/h6-9,12-13,21,27H,4-5,10-11,14-17H2,1-3H3. The topological polar surface area (TPSA) is 58.1 Å². The highest BCUT2D eigenvalue weighted by Gasteiger charge is 2.17. The third-order valence-electron chi connectivity index (χ3n) is 5.39. The molecule has 1 aliphatic rings. The molecule has 1 aromatic heterocycles. The molecule has 0 bridgehead atoms. The average molecular weight is 400 g/mol. The van der Waals surface area contributed by atoms with E-state index in [1.54, 1.807) is 7.11 Å². The summed E-state index contributed by atoms with van der Waals surface area (Å²) in [6, 6.07) is 7.96. The van der Waals surface area contributed by atoms with Gasteiger partial charge in [-0.05, 0) is 63.2 Å². The lowest BCUT2D eigenvalue weighted by molar-refractivity contribution is 0.0750. The molecule has 2 aromatic rings. The summed E-state index contributed by atoms with van der Waals surface area (Å²) in [4.78, 5) is 8.71. The van der Waals surface area contributed by atoms with Crippen molar-refractivity contribution in [1.82, 2.24) is 14.8 Å². The number of methoxy groups -OCH3 is 1. The Hall–Kier alpha value is -2.15. The number of nitrogens with zero attached hydrogens (tertiary/aromatic N) is 3. The van der Waals surface area contributed by atoms with E-state index in [0.717, 1.165) is 43.2 Å². The van der Waals surface area contributed by atoms with Crippen LogP contribution in [0.15, 0.2) is 36.7 Å². The molecule has 1 aromatic carbocycles. The lowest BCUT2D eigenvalue weighted by Crippen LogP contribution is -2.33. The Kier molecular flexibility index (Phi) is 7.86. The van der Waals surface area contributed by atoms with Gasteiger partial charge in [-0.15, -0.1) is 0 Å². The number of hydrogen-bond donors (Lipinski definition) is 1. The Labute approximate surface area is 174 Å². The van der Waals surface area contributed by atoms with Crippen molar-refractivity contribution >= 4 is 0 Å². The van der Waals surface area contributed by atoms with Crippen LogP contribution in [0.2, 0.25) is 0 Å². The summed E-state index contributed by atoms with van der Waals surface area (Å²) in [5.74, 6) is 1.52. The summed E-state index contributed by atoms with van der Waals surface area (Å²) in [6.07, 6.45) is 5.67. The van der Waals surface area contributed by atoms with Gasteiger partial charge in [0.2, 0.25) is 0 Å². The average Bonchev–Trinajstić information content (AvgIpc) is 3.22. The van der Waals surface area contributed by atoms with Gasteiger partial charge >= 0.3 is 0 Å². The van der Waals surface area contributed by atoms with Gasteiger partial charge in [0.05, 0.1) is 7.11 Å². The fraction of sp³-hybridized carbons (Fsp3) is 0.522. The van der Waals surface area contributed by atoms with Crippen LogP contribution in [0.5, 0.6) is 11.5 Å². The second-order valence-electron chi connectivity index (χ2n) is 7.92. The van der Waals surface area contributed by atoms with Crippen LogP contribution in [0, 0.1) is 6.92 Å². The maximum atomic E-state index is 10.4. The number of likely N-dealkylation sites (tertiary alicyclic amines) is 1. The van der Waals surface area contributed by atoms with Crippen molar-refractivity contribution in [2.45, 2.75) is 39.0 Å². The van der Waals surface area contributed by atoms with Crippen LogP contribution in [0.25, 0.3) is 0 Å². The number of β-amino-alcohol motifs (C(OH)–C–C–N with tert-alkyl or cyclic N) is 1. The van der Waals surface area contributed by atoms with E-state index in [0.29, 0.717) is 6.54 Å². The predicted molar refractivity (Wildman–Crippen MR) is 114 cm³/mol. The minimum absolute atomic E-state index is 0.282. The molecule has 6 heteroatoms. The number of rotatable bonds is 10. The molecule has 1 saturated heterocycles. The minimum Gasteiger partial charge on any atom is -0.497 e. The van der Waals surface area contributed by atoms with Crippen LogP contribution in [-0.2, 0) is 13.1 Å². The van der Waals surface area contributed by atoms with E-state index >= 15 is 0 Å². The largest absolute Gasteiger partial charge is 0.497 e. The van der Waals surface area contributed by atoms with Crippen molar-refractivity contribution in [3.05, 3.63) is 53.3 Å². The first kappa shape index (κ1) is 21.6. The summed E-state index contributed by atoms with van der Waals surface area (Å²) in [5, 5.41) is 10.4. The van der Waals surface area contributed by atoms with Gasteiger partial charge in [0, 0.05) is 43.7 Å². The number of ether oxygens (including phenoxy) is 2. The molecule has 3 rings (SSSR count). The van der Waals surface area contributed by atoms with Crippen LogP contribution in [0.1, 0.15) is 29.5 Å². The SMILES string of the molecule is COc1ccc(CN(C)Cc2ccncc2C)c(OCC(O)CN2CCCC2)c1. The number of aromatic nitrogens is 1. The number of benzene rings is 1. The first-order valence-corrected chi connectivity index (χ1v) is 10.3. The molecule has 1 aliphatic heterocycles. The first-order chi connectivity index (χ1) is 14.0. The number of hydrogen-bond acceptors (Lipinski definition) is 6. The van der Waals surface area contributed by atoms with Crippen molar-refractivity contribution in [1.29, 1.82) is 0 Å². The second kappa shape index (κ2) is 10.6. The van der Waals surface area contributed by atoms with Gasteiger partial charge < -0.3 is 19.5 Å². The van der Waals surface area contributed by atoms with Crippen LogP contribution < -0.4 is 9.47 Å². The van der Waals surface area contributed by atoms with Crippen molar-refractivity contribution in [3.63, 3.8) is 0 Å². The van der Waals surface area contributed by atoms with Crippen LogP contribution in [0.3, 0.4) is 0 Å². The highest BCUT2D eigenvalue weighted by Crippen LogP contribution is 2.27. The molecule has 0 amide bonds. The molecule has 0 spiro atoms. The van der Waals surface area contributed by atoms with Crippen LogP contribution in [-0.4, -0.2) is 66.4 Å². The van der Waals surface area contributed by atoms with E-state index < -0.39 is 6.10 Å². The second-order valence-corrected chi connectivity index (χ2v) is 7.92. The van der Waals surface area contributed by atoms with Crippen molar-refractivity contribution in [2.24, 2.45) is 0 Å². The van der Waals surface area contributed by atoms with E-state index in [-0.39, 0.29) is 6.61 Å². The third-order valence-corrected chi connectivity index (χ3v) is 5.39. The van der Waals surface area contributed by atoms with E-state index in [4.69, 9.17) is 9.47 Å². The predicted octanol–water partition coefficient (Wildman–Crippen LogP) is 2.87. The van der Waals surface area contributed by atoms with E-state index in [1.807, 2.05) is 30.6 Å². The molecule has 1 N–H and O–H groups in total. The smallest absolute Gasteiger partial charge is 0.127 e. The van der Waals surface area contributed by atoms with Crippen molar-refractivity contribution < 1.29 is 14.6 Å². The minimum atomic E-state index is -0.496. The zero-order valence-electron chi connectivity index (χ0n) is 17.8. The Morgan fingerprint density at radius 2 is 1.93 bits per heavy atom. The highest BCUT2D eigenvalue weighted by molar-refractivity contribution is 5.41. The summed E-state index contributed by atoms with van der Waals surface area (Å²) < 4.78 is 11.4. The molecule has 6 nitrogen and oxygen atoms in total. The maximum absolute atomic E-state index is 10.4. The molecule has 1 atom stereocenters. The zero-order valence-corrected chi connectivity index (χ0v) is 17.8. The summed E-state index contributed by atoms with van der Waals surface area (Å²) in [7, 11) is 3.75. The molecule has 2 heterocycles. The molecule has 0 aliphatic carbocycles. The summed E-state index contributed by atoms with van der Waals surface area (Å²) in [5.41, 5.74) is 3.53. The van der Waals surface area contributed by atoms with Crippen LogP contribution >= 0.6 is 0 Å². The molecule has 1 unspecified atom stereocenters. The molecular weight excluding hydrogens is 366 g/mol. The summed E-state index contributed by atoms with van der Waals surface area (Å²) >= 11 is 0. The van der Waals surface area contributed by atoms with Crippen molar-refractivity contribution in [2.75, 3.05) is 40.4 Å². The van der Waals surface area contributed by atoms with Gasteiger partial charge in [-0.2, -0.15) is 0 Å². The quantitative estimate of drug-likeness (QED) is 0.663. The number of aliphatic hydroxyl groups is 1. The molecule has 29 heavy (non-hydrogen) atoms. The van der Waals surface area contributed by atoms with Gasteiger partial charge in [-0.25, -0.2) is 0 Å². The number of aliphatic hydroxyl groups excluding tert-OH is 1. The monoisotopic (exact) mass is 399 g/mol. The van der Waals surface area contributed by atoms with Gasteiger partial charge in [-0.1, -0.05) is 6.07 Å². The van der Waals surface area contributed by atoms with Gasteiger partial charge in [-0.3, -0.25) is 9.88 Å². The Morgan fingerprint density at radius 3 is 2.66 bits per heavy atom. The molecule has 0 saturated carbocycles. The van der Waals surface area contributed by atoms with Crippen molar-refractivity contribution in [3.8, 4) is 11.5 Å². The maximum Gasteiger partial charge on any atom is 0.127 e. The lowest BCUT2D eigenvalue weighted by Gasteiger charge is -2.22. The normalized spacial score (nSPS) is 15.6. The molecule has 0 radical (unpaired) electrons. The lowest BCUT2D eigenvalue weighted by atomic mass is 10.1. The fourth-order valence-electron chi connectivity index (χ4n) is 3.75. The summed E-state index contributed by atoms with van der Waals surface area (Å²) in [6.45, 7) is 6.74. The zero-order chi connectivity index (χ0) is 20.6.